The van der Waals surface area contributed by atoms with Crippen molar-refractivity contribution in [3.05, 3.63) is 55.2 Å². The van der Waals surface area contributed by atoms with E-state index in [2.05, 4.69) is 56.4 Å². The van der Waals surface area contributed by atoms with Crippen LogP contribution in [0.2, 0.25) is 0 Å². The first-order chi connectivity index (χ1) is 15.2. The SMILES string of the molecule is CC[C@H]1CN(c2ccc(Nc3nc(-c4cncc(N)n4)cn4ccnc34)cc2)CCO1. The molecule has 1 saturated heterocycles. The normalized spacial score (nSPS) is 16.5. The number of nitrogens with zero attached hydrogens (tertiary/aromatic N) is 6. The third-order valence-corrected chi connectivity index (χ3v) is 5.38. The fraction of sp³-hybridized carbons (Fsp3) is 0.273. The Morgan fingerprint density at radius 3 is 2.84 bits per heavy atom. The van der Waals surface area contributed by atoms with E-state index in [1.54, 1.807) is 12.4 Å². The van der Waals surface area contributed by atoms with Crippen LogP contribution in [-0.4, -0.2) is 50.1 Å². The molecule has 0 aliphatic carbocycles. The van der Waals surface area contributed by atoms with Gasteiger partial charge in [0, 0.05) is 43.1 Å². The summed E-state index contributed by atoms with van der Waals surface area (Å²) in [6.45, 7) is 4.75. The minimum atomic E-state index is 0.294. The Hall–Kier alpha value is -3.72. The Bertz CT molecular complexity index is 1190. The van der Waals surface area contributed by atoms with Crippen LogP contribution in [0.5, 0.6) is 0 Å². The molecule has 31 heavy (non-hydrogen) atoms. The molecule has 1 aromatic carbocycles. The third kappa shape index (κ3) is 3.99. The molecular formula is C22H24N8O. The smallest absolute Gasteiger partial charge is 0.180 e. The Labute approximate surface area is 179 Å². The monoisotopic (exact) mass is 416 g/mol. The summed E-state index contributed by atoms with van der Waals surface area (Å²) >= 11 is 0. The molecule has 3 N–H and O–H groups in total. The van der Waals surface area contributed by atoms with E-state index in [0.717, 1.165) is 37.5 Å². The van der Waals surface area contributed by atoms with Crippen LogP contribution < -0.4 is 16.0 Å². The zero-order valence-electron chi connectivity index (χ0n) is 17.3. The van der Waals surface area contributed by atoms with Crippen LogP contribution in [-0.2, 0) is 4.74 Å². The van der Waals surface area contributed by atoms with Crippen LogP contribution in [0.3, 0.4) is 0 Å². The lowest BCUT2D eigenvalue weighted by molar-refractivity contribution is 0.0384. The molecule has 9 nitrogen and oxygen atoms in total. The fourth-order valence-corrected chi connectivity index (χ4v) is 3.74. The maximum absolute atomic E-state index is 5.80. The highest BCUT2D eigenvalue weighted by molar-refractivity contribution is 5.73. The quantitative estimate of drug-likeness (QED) is 0.511. The van der Waals surface area contributed by atoms with Crippen molar-refractivity contribution in [3.8, 4) is 11.4 Å². The number of morpholine rings is 1. The molecule has 1 aliphatic heterocycles. The van der Waals surface area contributed by atoms with Gasteiger partial charge in [0.25, 0.3) is 0 Å². The Morgan fingerprint density at radius 1 is 1.16 bits per heavy atom. The number of aromatic nitrogens is 5. The lowest BCUT2D eigenvalue weighted by Crippen LogP contribution is -2.42. The minimum absolute atomic E-state index is 0.294. The number of anilines is 4. The molecule has 0 amide bonds. The summed E-state index contributed by atoms with van der Waals surface area (Å²) in [4.78, 5) is 20.0. The van der Waals surface area contributed by atoms with Gasteiger partial charge in [-0.05, 0) is 30.7 Å². The van der Waals surface area contributed by atoms with E-state index < -0.39 is 0 Å². The average Bonchev–Trinajstić information content (AvgIpc) is 3.29. The van der Waals surface area contributed by atoms with E-state index >= 15 is 0 Å². The summed E-state index contributed by atoms with van der Waals surface area (Å²) in [7, 11) is 0. The average molecular weight is 416 g/mol. The van der Waals surface area contributed by atoms with Crippen molar-refractivity contribution >= 4 is 28.7 Å². The number of nitrogen functional groups attached to an aromatic ring is 1. The maximum Gasteiger partial charge on any atom is 0.180 e. The Morgan fingerprint density at radius 2 is 2.03 bits per heavy atom. The van der Waals surface area contributed by atoms with Gasteiger partial charge in [0.2, 0.25) is 0 Å². The molecule has 0 saturated carbocycles. The van der Waals surface area contributed by atoms with Crippen LogP contribution in [0.1, 0.15) is 13.3 Å². The fourth-order valence-electron chi connectivity index (χ4n) is 3.74. The molecule has 3 aromatic heterocycles. The molecule has 158 valence electrons. The van der Waals surface area contributed by atoms with E-state index in [4.69, 9.17) is 15.5 Å². The molecule has 5 rings (SSSR count). The van der Waals surface area contributed by atoms with Gasteiger partial charge in [0.1, 0.15) is 17.2 Å². The van der Waals surface area contributed by atoms with Gasteiger partial charge in [0.05, 0.1) is 25.1 Å². The third-order valence-electron chi connectivity index (χ3n) is 5.38. The summed E-state index contributed by atoms with van der Waals surface area (Å²) in [5.74, 6) is 0.987. The second-order valence-corrected chi connectivity index (χ2v) is 7.48. The second-order valence-electron chi connectivity index (χ2n) is 7.48. The zero-order chi connectivity index (χ0) is 21.2. The van der Waals surface area contributed by atoms with Gasteiger partial charge >= 0.3 is 0 Å². The minimum Gasteiger partial charge on any atom is -0.382 e. The number of hydrogen-bond acceptors (Lipinski definition) is 8. The topological polar surface area (TPSA) is 106 Å². The number of nitrogens with two attached hydrogens (primary N) is 1. The van der Waals surface area contributed by atoms with Gasteiger partial charge in [-0.3, -0.25) is 4.98 Å². The van der Waals surface area contributed by atoms with Crippen LogP contribution in [0.25, 0.3) is 17.0 Å². The molecule has 0 spiro atoms. The number of fused-ring (bicyclic) bond motifs is 1. The first kappa shape index (κ1) is 19.3. The van der Waals surface area contributed by atoms with E-state index in [9.17, 15) is 0 Å². The Kier molecular flexibility index (Phi) is 5.09. The van der Waals surface area contributed by atoms with E-state index in [-0.39, 0.29) is 0 Å². The molecule has 1 fully saturated rings. The van der Waals surface area contributed by atoms with Crippen molar-refractivity contribution in [3.63, 3.8) is 0 Å². The number of benzene rings is 1. The highest BCUT2D eigenvalue weighted by Gasteiger charge is 2.19. The van der Waals surface area contributed by atoms with Crippen LogP contribution >= 0.6 is 0 Å². The van der Waals surface area contributed by atoms with Crippen LogP contribution in [0, 0.1) is 0 Å². The van der Waals surface area contributed by atoms with Gasteiger partial charge in [-0.25, -0.2) is 15.0 Å². The molecular weight excluding hydrogens is 392 g/mol. The van der Waals surface area contributed by atoms with Crippen LogP contribution in [0.4, 0.5) is 23.0 Å². The molecule has 4 aromatic rings. The molecule has 1 atom stereocenters. The molecule has 4 heterocycles. The van der Waals surface area contributed by atoms with E-state index in [1.807, 2.05) is 16.8 Å². The van der Waals surface area contributed by atoms with Crippen molar-refractivity contribution in [1.82, 2.24) is 24.3 Å². The predicted octanol–water partition coefficient (Wildman–Crippen LogP) is 3.13. The van der Waals surface area contributed by atoms with Gasteiger partial charge < -0.3 is 25.1 Å². The summed E-state index contributed by atoms with van der Waals surface area (Å²) in [5.41, 5.74) is 9.90. The molecule has 0 radical (unpaired) electrons. The summed E-state index contributed by atoms with van der Waals surface area (Å²) < 4.78 is 7.69. The predicted molar refractivity (Wildman–Crippen MR) is 120 cm³/mol. The number of rotatable bonds is 5. The Balaban J connectivity index is 1.42. The van der Waals surface area contributed by atoms with E-state index in [1.165, 1.54) is 11.9 Å². The summed E-state index contributed by atoms with van der Waals surface area (Å²) in [6, 6.07) is 8.35. The standard InChI is InChI=1S/C22H24N8O/c1-2-17-13-29(9-10-31-17)16-5-3-15(4-6-16)26-21-22-25-7-8-30(22)14-19(28-21)18-11-24-12-20(23)27-18/h3-8,11-12,14,17H,2,9-10,13H2,1H3,(H2,23,27)(H,26,28)/t17-/m0/s1. The number of nitrogens with one attached hydrogen (secondary N) is 1. The second kappa shape index (κ2) is 8.19. The van der Waals surface area contributed by atoms with E-state index in [0.29, 0.717) is 29.1 Å². The lowest BCUT2D eigenvalue weighted by atomic mass is 10.2. The van der Waals surface area contributed by atoms with Gasteiger partial charge in [-0.1, -0.05) is 6.92 Å². The molecule has 0 unspecified atom stereocenters. The molecule has 9 heteroatoms. The van der Waals surface area contributed by atoms with Crippen molar-refractivity contribution in [2.75, 3.05) is 35.6 Å². The highest BCUT2D eigenvalue weighted by atomic mass is 16.5. The highest BCUT2D eigenvalue weighted by Crippen LogP contribution is 2.26. The van der Waals surface area contributed by atoms with Gasteiger partial charge in [-0.15, -0.1) is 0 Å². The molecule has 0 bridgehead atoms. The zero-order valence-corrected chi connectivity index (χ0v) is 17.3. The van der Waals surface area contributed by atoms with Crippen molar-refractivity contribution in [1.29, 1.82) is 0 Å². The van der Waals surface area contributed by atoms with Crippen LogP contribution in [0.15, 0.2) is 55.2 Å². The van der Waals surface area contributed by atoms with Crippen molar-refractivity contribution in [2.24, 2.45) is 0 Å². The lowest BCUT2D eigenvalue weighted by Gasteiger charge is -2.34. The largest absolute Gasteiger partial charge is 0.382 e. The summed E-state index contributed by atoms with van der Waals surface area (Å²) in [6.07, 6.45) is 9.95. The van der Waals surface area contributed by atoms with Gasteiger partial charge in [-0.2, -0.15) is 0 Å². The number of hydrogen-bond donors (Lipinski definition) is 2. The van der Waals surface area contributed by atoms with Crippen molar-refractivity contribution in [2.45, 2.75) is 19.4 Å². The first-order valence-corrected chi connectivity index (χ1v) is 10.3. The maximum atomic E-state index is 5.80. The first-order valence-electron chi connectivity index (χ1n) is 10.3. The molecule has 1 aliphatic rings. The van der Waals surface area contributed by atoms with Crippen molar-refractivity contribution < 1.29 is 4.74 Å². The van der Waals surface area contributed by atoms with Gasteiger partial charge in [0.15, 0.2) is 11.5 Å². The number of imidazole rings is 1. The number of ether oxygens (including phenoxy) is 1. The summed E-state index contributed by atoms with van der Waals surface area (Å²) in [5, 5.41) is 3.39.